The van der Waals surface area contributed by atoms with Crippen LogP contribution in [0.15, 0.2) is 42.5 Å². The number of amides is 2. The highest BCUT2D eigenvalue weighted by atomic mass is 16.2. The van der Waals surface area contributed by atoms with Gasteiger partial charge in [-0.3, -0.25) is 14.4 Å². The largest absolute Gasteiger partial charge is 0.383 e. The van der Waals surface area contributed by atoms with Crippen molar-refractivity contribution in [2.45, 2.75) is 25.8 Å². The molecule has 0 radical (unpaired) electrons. The Morgan fingerprint density at radius 3 is 2.50 bits per heavy atom. The van der Waals surface area contributed by atoms with Gasteiger partial charge in [0, 0.05) is 28.3 Å². The van der Waals surface area contributed by atoms with Crippen LogP contribution < -0.4 is 16.8 Å². The fourth-order valence-corrected chi connectivity index (χ4v) is 3.15. The molecule has 1 saturated carbocycles. The van der Waals surface area contributed by atoms with Crippen LogP contribution in [0.5, 0.6) is 0 Å². The van der Waals surface area contributed by atoms with E-state index in [1.807, 2.05) is 13.0 Å². The SMILES string of the molecule is Cc1ccc(C(=O)NC2CC2)cc1-c1nc(C(=O)c2cccc(C(N)=O)c2)c(N)[nH]1. The van der Waals surface area contributed by atoms with Gasteiger partial charge in [-0.1, -0.05) is 18.2 Å². The highest BCUT2D eigenvalue weighted by Gasteiger charge is 2.25. The van der Waals surface area contributed by atoms with Gasteiger partial charge in [-0.2, -0.15) is 0 Å². The van der Waals surface area contributed by atoms with Crippen molar-refractivity contribution in [3.8, 4) is 11.4 Å². The Morgan fingerprint density at radius 1 is 1.07 bits per heavy atom. The van der Waals surface area contributed by atoms with Crippen LogP contribution in [0, 0.1) is 6.92 Å². The van der Waals surface area contributed by atoms with Crippen molar-refractivity contribution in [3.63, 3.8) is 0 Å². The van der Waals surface area contributed by atoms with Gasteiger partial charge >= 0.3 is 0 Å². The van der Waals surface area contributed by atoms with Crippen LogP contribution in [0.3, 0.4) is 0 Å². The molecule has 8 nitrogen and oxygen atoms in total. The average Bonchev–Trinajstić information content (AvgIpc) is 3.46. The van der Waals surface area contributed by atoms with Gasteiger partial charge in [0.15, 0.2) is 5.69 Å². The lowest BCUT2D eigenvalue weighted by atomic mass is 10.0. The van der Waals surface area contributed by atoms with Crippen LogP contribution in [0.1, 0.15) is 55.2 Å². The number of carbonyl (C=O) groups is 3. The number of primary amides is 1. The highest BCUT2D eigenvalue weighted by Crippen LogP contribution is 2.26. The van der Waals surface area contributed by atoms with Gasteiger partial charge in [0.2, 0.25) is 11.7 Å². The predicted molar refractivity (Wildman–Crippen MR) is 112 cm³/mol. The Bertz CT molecular complexity index is 1180. The molecule has 2 aromatic carbocycles. The zero-order valence-electron chi connectivity index (χ0n) is 16.4. The van der Waals surface area contributed by atoms with Crippen molar-refractivity contribution < 1.29 is 14.4 Å². The average molecular weight is 403 g/mol. The zero-order valence-corrected chi connectivity index (χ0v) is 16.4. The third-order valence-electron chi connectivity index (χ3n) is 5.02. The third kappa shape index (κ3) is 3.80. The minimum atomic E-state index is -0.628. The van der Waals surface area contributed by atoms with E-state index in [0.29, 0.717) is 17.0 Å². The molecule has 8 heteroatoms. The van der Waals surface area contributed by atoms with Gasteiger partial charge in [0.1, 0.15) is 11.6 Å². The van der Waals surface area contributed by atoms with E-state index in [9.17, 15) is 14.4 Å². The van der Waals surface area contributed by atoms with Crippen molar-refractivity contribution in [1.82, 2.24) is 15.3 Å². The lowest BCUT2D eigenvalue weighted by Crippen LogP contribution is -2.25. The molecule has 1 aromatic heterocycles. The summed E-state index contributed by atoms with van der Waals surface area (Å²) in [5.74, 6) is -0.708. The molecule has 1 aliphatic rings. The first-order valence-corrected chi connectivity index (χ1v) is 9.55. The molecule has 0 atom stereocenters. The summed E-state index contributed by atoms with van der Waals surface area (Å²) in [6.45, 7) is 1.88. The molecule has 2 amide bonds. The first-order valence-electron chi connectivity index (χ1n) is 9.55. The number of aromatic amines is 1. The van der Waals surface area contributed by atoms with Crippen molar-refractivity contribution in [3.05, 3.63) is 70.4 Å². The van der Waals surface area contributed by atoms with Gasteiger partial charge < -0.3 is 21.8 Å². The number of aromatic nitrogens is 2. The summed E-state index contributed by atoms with van der Waals surface area (Å²) in [4.78, 5) is 44.0. The molecule has 30 heavy (non-hydrogen) atoms. The topological polar surface area (TPSA) is 144 Å². The van der Waals surface area contributed by atoms with Crippen molar-refractivity contribution in [1.29, 1.82) is 0 Å². The zero-order chi connectivity index (χ0) is 21.4. The Kier molecular flexibility index (Phi) is 4.83. The van der Waals surface area contributed by atoms with Gasteiger partial charge in [0.25, 0.3) is 5.91 Å². The number of nitrogens with zero attached hydrogens (tertiary/aromatic N) is 1. The predicted octanol–water partition coefficient (Wildman–Crippen LogP) is 2.19. The highest BCUT2D eigenvalue weighted by molar-refractivity contribution is 6.11. The van der Waals surface area contributed by atoms with Crippen LogP contribution >= 0.6 is 0 Å². The molecular weight excluding hydrogens is 382 g/mol. The number of nitrogen functional groups attached to an aromatic ring is 1. The molecule has 6 N–H and O–H groups in total. The van der Waals surface area contributed by atoms with Gasteiger partial charge in [-0.05, 0) is 49.6 Å². The third-order valence-corrected chi connectivity index (χ3v) is 5.02. The minimum Gasteiger partial charge on any atom is -0.383 e. The summed E-state index contributed by atoms with van der Waals surface area (Å²) in [6.07, 6.45) is 2.00. The Balaban J connectivity index is 1.67. The van der Waals surface area contributed by atoms with Crippen LogP contribution in [0.25, 0.3) is 11.4 Å². The molecule has 152 valence electrons. The molecule has 3 aromatic rings. The second-order valence-corrected chi connectivity index (χ2v) is 7.40. The summed E-state index contributed by atoms with van der Waals surface area (Å²) in [5, 5.41) is 2.95. The number of nitrogens with two attached hydrogens (primary N) is 2. The minimum absolute atomic E-state index is 0.0406. The number of imidazole rings is 1. The first-order chi connectivity index (χ1) is 14.3. The Labute approximate surface area is 172 Å². The number of H-pyrrole nitrogens is 1. The van der Waals surface area contributed by atoms with E-state index >= 15 is 0 Å². The molecule has 1 aliphatic carbocycles. The maximum Gasteiger partial charge on any atom is 0.251 e. The maximum absolute atomic E-state index is 12.9. The fourth-order valence-electron chi connectivity index (χ4n) is 3.15. The van der Waals surface area contributed by atoms with Crippen molar-refractivity contribution in [2.24, 2.45) is 5.73 Å². The maximum atomic E-state index is 12.9. The second-order valence-electron chi connectivity index (χ2n) is 7.40. The number of hydrogen-bond acceptors (Lipinski definition) is 5. The molecule has 0 saturated heterocycles. The molecule has 4 rings (SSSR count). The van der Waals surface area contributed by atoms with Gasteiger partial charge in [-0.15, -0.1) is 0 Å². The number of rotatable bonds is 6. The molecule has 1 fully saturated rings. The molecular formula is C22H21N5O3. The van der Waals surface area contributed by atoms with Crippen LogP contribution in [0.4, 0.5) is 5.82 Å². The number of benzene rings is 2. The quantitative estimate of drug-likeness (QED) is 0.466. The number of hydrogen-bond donors (Lipinski definition) is 4. The smallest absolute Gasteiger partial charge is 0.251 e. The van der Waals surface area contributed by atoms with E-state index in [0.717, 1.165) is 18.4 Å². The number of aryl methyl sites for hydroxylation is 1. The summed E-state index contributed by atoms with van der Waals surface area (Å²) in [5.41, 5.74) is 13.9. The number of nitrogens with one attached hydrogen (secondary N) is 2. The van der Waals surface area contributed by atoms with Crippen LogP contribution in [-0.2, 0) is 0 Å². The normalized spacial score (nSPS) is 13.1. The fraction of sp³-hybridized carbons (Fsp3) is 0.182. The number of anilines is 1. The van der Waals surface area contributed by atoms with E-state index in [1.165, 1.54) is 12.1 Å². The van der Waals surface area contributed by atoms with Crippen molar-refractivity contribution in [2.75, 3.05) is 5.73 Å². The van der Waals surface area contributed by atoms with E-state index in [4.69, 9.17) is 11.5 Å². The van der Waals surface area contributed by atoms with Gasteiger partial charge in [-0.25, -0.2) is 4.98 Å². The number of ketones is 1. The molecule has 0 spiro atoms. The standard InChI is InChI=1S/C22H21N5O3/c1-11-5-6-14(22(30)25-15-7-8-15)10-16(11)21-26-17(19(23)27-21)18(28)12-3-2-4-13(9-12)20(24)29/h2-6,9-10,15H,7-8,23H2,1H3,(H2,24,29)(H,25,30)(H,26,27). The molecule has 0 bridgehead atoms. The van der Waals surface area contributed by atoms with Crippen LogP contribution in [0.2, 0.25) is 0 Å². The summed E-state index contributed by atoms with van der Waals surface area (Å²) < 4.78 is 0. The second kappa shape index (κ2) is 7.47. The monoisotopic (exact) mass is 403 g/mol. The summed E-state index contributed by atoms with van der Waals surface area (Å²) in [6, 6.07) is 11.6. The molecule has 0 unspecified atom stereocenters. The summed E-state index contributed by atoms with van der Waals surface area (Å²) >= 11 is 0. The molecule has 1 heterocycles. The van der Waals surface area contributed by atoms with Crippen molar-refractivity contribution >= 4 is 23.4 Å². The summed E-state index contributed by atoms with van der Waals surface area (Å²) in [7, 11) is 0. The van der Waals surface area contributed by atoms with E-state index in [2.05, 4.69) is 15.3 Å². The lowest BCUT2D eigenvalue weighted by Gasteiger charge is -2.07. The Morgan fingerprint density at radius 2 is 1.80 bits per heavy atom. The number of carbonyl (C=O) groups excluding carboxylic acids is 3. The van der Waals surface area contributed by atoms with E-state index < -0.39 is 11.7 Å². The van der Waals surface area contributed by atoms with Gasteiger partial charge in [0.05, 0.1) is 0 Å². The first kappa shape index (κ1) is 19.4. The Hall–Kier alpha value is -3.94. The van der Waals surface area contributed by atoms with E-state index in [1.54, 1.807) is 24.3 Å². The molecule has 0 aliphatic heterocycles. The van der Waals surface area contributed by atoms with E-state index in [-0.39, 0.29) is 34.6 Å². The van der Waals surface area contributed by atoms with Crippen LogP contribution in [-0.4, -0.2) is 33.6 Å². The lowest BCUT2D eigenvalue weighted by molar-refractivity contribution is 0.0949.